The highest BCUT2D eigenvalue weighted by atomic mass is 16.5. The van der Waals surface area contributed by atoms with Crippen LogP contribution in [0.25, 0.3) is 0 Å². The van der Waals surface area contributed by atoms with Gasteiger partial charge < -0.3 is 4.74 Å². The second kappa shape index (κ2) is 3.71. The molecule has 0 aromatic rings. The molecule has 2 heteroatoms. The molecule has 10 heavy (non-hydrogen) atoms. The van der Waals surface area contributed by atoms with Crippen molar-refractivity contribution in [2.24, 2.45) is 0 Å². The molecule has 2 nitrogen and oxygen atoms in total. The van der Waals surface area contributed by atoms with Gasteiger partial charge in [0.15, 0.2) is 5.78 Å². The van der Waals surface area contributed by atoms with Gasteiger partial charge in [0.25, 0.3) is 0 Å². The first kappa shape index (κ1) is 7.73. The molecular formula is C8H14O2. The molecule has 0 aromatic carbocycles. The Morgan fingerprint density at radius 1 is 1.70 bits per heavy atom. The first-order valence-electron chi connectivity index (χ1n) is 3.99. The van der Waals surface area contributed by atoms with Crippen molar-refractivity contribution < 1.29 is 9.53 Å². The number of hydrogen-bond donors (Lipinski definition) is 0. The van der Waals surface area contributed by atoms with Crippen molar-refractivity contribution in [2.75, 3.05) is 6.61 Å². The zero-order valence-corrected chi connectivity index (χ0v) is 6.43. The van der Waals surface area contributed by atoms with Crippen LogP contribution in [-0.2, 0) is 9.53 Å². The molecule has 0 spiro atoms. The number of carbonyl (C=O) groups is 1. The first-order valence-corrected chi connectivity index (χ1v) is 3.99. The van der Waals surface area contributed by atoms with E-state index < -0.39 is 0 Å². The van der Waals surface area contributed by atoms with Gasteiger partial charge in [-0.3, -0.25) is 4.79 Å². The van der Waals surface area contributed by atoms with Crippen LogP contribution in [0.15, 0.2) is 0 Å². The van der Waals surface area contributed by atoms with Crippen LogP contribution >= 0.6 is 0 Å². The third-order valence-electron chi connectivity index (χ3n) is 1.79. The summed E-state index contributed by atoms with van der Waals surface area (Å²) >= 11 is 0. The standard InChI is InChI=1S/C8H14O2/c1-2-4-7(9)8-5-3-6-10-8/h8H,2-6H2,1H3/t8-/m1/s1. The average Bonchev–Trinajstić information content (AvgIpc) is 2.38. The van der Waals surface area contributed by atoms with Crippen molar-refractivity contribution in [2.45, 2.75) is 38.7 Å². The summed E-state index contributed by atoms with van der Waals surface area (Å²) in [5, 5.41) is 0. The lowest BCUT2D eigenvalue weighted by atomic mass is 10.1. The van der Waals surface area contributed by atoms with E-state index in [9.17, 15) is 4.79 Å². The van der Waals surface area contributed by atoms with Gasteiger partial charge in [0.05, 0.1) is 0 Å². The lowest BCUT2D eigenvalue weighted by Crippen LogP contribution is -2.18. The highest BCUT2D eigenvalue weighted by Crippen LogP contribution is 2.14. The van der Waals surface area contributed by atoms with Crippen molar-refractivity contribution in [3.63, 3.8) is 0 Å². The Hall–Kier alpha value is -0.370. The molecule has 1 atom stereocenters. The van der Waals surface area contributed by atoms with E-state index in [1.54, 1.807) is 0 Å². The van der Waals surface area contributed by atoms with Crippen molar-refractivity contribution >= 4 is 5.78 Å². The fourth-order valence-electron chi connectivity index (χ4n) is 1.24. The van der Waals surface area contributed by atoms with Crippen molar-refractivity contribution in [1.82, 2.24) is 0 Å². The molecule has 0 N–H and O–H groups in total. The van der Waals surface area contributed by atoms with Crippen molar-refractivity contribution in [1.29, 1.82) is 0 Å². The smallest absolute Gasteiger partial charge is 0.161 e. The summed E-state index contributed by atoms with van der Waals surface area (Å²) in [7, 11) is 0. The first-order chi connectivity index (χ1) is 4.84. The average molecular weight is 142 g/mol. The molecular weight excluding hydrogens is 128 g/mol. The quantitative estimate of drug-likeness (QED) is 0.597. The largest absolute Gasteiger partial charge is 0.370 e. The second-order valence-electron chi connectivity index (χ2n) is 2.72. The molecule has 0 aliphatic carbocycles. The Balaban J connectivity index is 2.25. The Bertz CT molecular complexity index is 114. The van der Waals surface area contributed by atoms with Gasteiger partial charge in [0, 0.05) is 13.0 Å². The van der Waals surface area contributed by atoms with E-state index in [4.69, 9.17) is 4.74 Å². The molecule has 1 rings (SSSR count). The predicted molar refractivity (Wildman–Crippen MR) is 38.9 cm³/mol. The number of ether oxygens (including phenoxy) is 1. The van der Waals surface area contributed by atoms with Gasteiger partial charge in [-0.25, -0.2) is 0 Å². The maximum absolute atomic E-state index is 11.1. The topological polar surface area (TPSA) is 26.3 Å². The fraction of sp³-hybridized carbons (Fsp3) is 0.875. The Morgan fingerprint density at radius 3 is 3.00 bits per heavy atom. The van der Waals surface area contributed by atoms with Crippen LogP contribution in [0.4, 0.5) is 0 Å². The van der Waals surface area contributed by atoms with Gasteiger partial charge in [0.2, 0.25) is 0 Å². The molecule has 1 fully saturated rings. The van der Waals surface area contributed by atoms with E-state index in [-0.39, 0.29) is 6.10 Å². The monoisotopic (exact) mass is 142 g/mol. The Labute approximate surface area is 61.6 Å². The van der Waals surface area contributed by atoms with E-state index in [2.05, 4.69) is 0 Å². The van der Waals surface area contributed by atoms with Crippen LogP contribution in [0.5, 0.6) is 0 Å². The van der Waals surface area contributed by atoms with Gasteiger partial charge in [-0.05, 0) is 19.3 Å². The van der Waals surface area contributed by atoms with Gasteiger partial charge in [-0.1, -0.05) is 6.92 Å². The minimum Gasteiger partial charge on any atom is -0.370 e. The van der Waals surface area contributed by atoms with E-state index in [0.29, 0.717) is 12.2 Å². The molecule has 1 heterocycles. The molecule has 0 saturated carbocycles. The Morgan fingerprint density at radius 2 is 2.50 bits per heavy atom. The zero-order valence-electron chi connectivity index (χ0n) is 6.43. The van der Waals surface area contributed by atoms with Crippen LogP contribution in [0.2, 0.25) is 0 Å². The van der Waals surface area contributed by atoms with Gasteiger partial charge in [-0.15, -0.1) is 0 Å². The molecule has 1 aliphatic rings. The summed E-state index contributed by atoms with van der Waals surface area (Å²) in [5.74, 6) is 0.292. The number of hydrogen-bond acceptors (Lipinski definition) is 2. The molecule has 0 bridgehead atoms. The second-order valence-corrected chi connectivity index (χ2v) is 2.72. The van der Waals surface area contributed by atoms with E-state index in [1.165, 1.54) is 0 Å². The number of Topliss-reactive ketones (excluding diaryl/α,β-unsaturated/α-hetero) is 1. The van der Waals surface area contributed by atoms with Crippen molar-refractivity contribution in [3.8, 4) is 0 Å². The lowest BCUT2D eigenvalue weighted by molar-refractivity contribution is -0.127. The zero-order chi connectivity index (χ0) is 7.40. The predicted octanol–water partition coefficient (Wildman–Crippen LogP) is 1.53. The van der Waals surface area contributed by atoms with Gasteiger partial charge >= 0.3 is 0 Å². The summed E-state index contributed by atoms with van der Waals surface area (Å²) in [5.41, 5.74) is 0. The molecule has 0 amide bonds. The van der Waals surface area contributed by atoms with Crippen LogP contribution < -0.4 is 0 Å². The minimum absolute atomic E-state index is 0.0556. The van der Waals surface area contributed by atoms with Crippen LogP contribution in [0.3, 0.4) is 0 Å². The molecule has 1 saturated heterocycles. The molecule has 58 valence electrons. The SMILES string of the molecule is CCCC(=O)[C@H]1CCCO1. The molecule has 0 unspecified atom stereocenters. The lowest BCUT2D eigenvalue weighted by Gasteiger charge is -2.05. The summed E-state index contributed by atoms with van der Waals surface area (Å²) in [6.45, 7) is 2.80. The summed E-state index contributed by atoms with van der Waals surface area (Å²) in [6.07, 6.45) is 3.57. The third-order valence-corrected chi connectivity index (χ3v) is 1.79. The summed E-state index contributed by atoms with van der Waals surface area (Å²) in [6, 6.07) is 0. The maximum Gasteiger partial charge on any atom is 0.161 e. The van der Waals surface area contributed by atoms with E-state index in [1.807, 2.05) is 6.92 Å². The van der Waals surface area contributed by atoms with Crippen LogP contribution in [-0.4, -0.2) is 18.5 Å². The third kappa shape index (κ3) is 1.81. The van der Waals surface area contributed by atoms with E-state index in [0.717, 1.165) is 25.9 Å². The normalized spacial score (nSPS) is 25.1. The molecule has 1 aliphatic heterocycles. The van der Waals surface area contributed by atoms with Gasteiger partial charge in [-0.2, -0.15) is 0 Å². The molecule has 0 radical (unpaired) electrons. The summed E-state index contributed by atoms with van der Waals surface area (Å²) < 4.78 is 5.22. The number of carbonyl (C=O) groups excluding carboxylic acids is 1. The number of rotatable bonds is 3. The highest BCUT2D eigenvalue weighted by Gasteiger charge is 2.21. The highest BCUT2D eigenvalue weighted by molar-refractivity contribution is 5.83. The van der Waals surface area contributed by atoms with Crippen LogP contribution in [0.1, 0.15) is 32.6 Å². The van der Waals surface area contributed by atoms with Crippen LogP contribution in [0, 0.1) is 0 Å². The van der Waals surface area contributed by atoms with Gasteiger partial charge in [0.1, 0.15) is 6.10 Å². The summed E-state index contributed by atoms with van der Waals surface area (Å²) in [4.78, 5) is 11.1. The Kier molecular flexibility index (Phi) is 2.87. The fourth-order valence-corrected chi connectivity index (χ4v) is 1.24. The number of ketones is 1. The van der Waals surface area contributed by atoms with Crippen molar-refractivity contribution in [3.05, 3.63) is 0 Å². The minimum atomic E-state index is -0.0556. The maximum atomic E-state index is 11.1. The molecule has 0 aromatic heterocycles. The van der Waals surface area contributed by atoms with E-state index >= 15 is 0 Å².